The van der Waals surface area contributed by atoms with Crippen LogP contribution in [0, 0.1) is 0 Å². The molecule has 1 aliphatic heterocycles. The molecule has 0 atom stereocenters. The van der Waals surface area contributed by atoms with Crippen molar-refractivity contribution in [2.45, 2.75) is 11.4 Å². The summed E-state index contributed by atoms with van der Waals surface area (Å²) in [5, 5.41) is 27.9. The van der Waals surface area contributed by atoms with Crippen LogP contribution in [0.15, 0.2) is 70.7 Å². The molecule has 1 amide bonds. The van der Waals surface area contributed by atoms with E-state index >= 15 is 0 Å². The van der Waals surface area contributed by atoms with Crippen molar-refractivity contribution < 1.29 is 20.2 Å². The number of benzene rings is 2. The summed E-state index contributed by atoms with van der Waals surface area (Å²) in [5.74, 6) is -0.605. The fraction of sp³-hybridized carbons (Fsp3) is 0.385. The zero-order valence-electron chi connectivity index (χ0n) is 21.0. The molecule has 1 fully saturated rings. The van der Waals surface area contributed by atoms with Crippen molar-refractivity contribution in [2.24, 2.45) is 4.99 Å². The zero-order valence-corrected chi connectivity index (χ0v) is 22.6. The van der Waals surface area contributed by atoms with Gasteiger partial charge in [-0.25, -0.2) is 14.8 Å². The van der Waals surface area contributed by atoms with Gasteiger partial charge in [-0.2, -0.15) is 0 Å². The average molecular weight is 546 g/mol. The lowest BCUT2D eigenvalue weighted by Gasteiger charge is -2.35. The highest BCUT2D eigenvalue weighted by molar-refractivity contribution is 8.13. The number of aliphatic hydroxyl groups is 2. The van der Waals surface area contributed by atoms with E-state index in [0.29, 0.717) is 19.6 Å². The minimum atomic E-state index is -0.605. The van der Waals surface area contributed by atoms with Crippen molar-refractivity contribution >= 4 is 34.8 Å². The van der Waals surface area contributed by atoms with Gasteiger partial charge < -0.3 is 15.1 Å². The summed E-state index contributed by atoms with van der Waals surface area (Å²) >= 11 is 3.28. The van der Waals surface area contributed by atoms with E-state index in [1.54, 1.807) is 17.4 Å². The van der Waals surface area contributed by atoms with Crippen LogP contribution in [0.25, 0.3) is 11.1 Å². The Morgan fingerprint density at radius 1 is 1.05 bits per heavy atom. The van der Waals surface area contributed by atoms with Crippen molar-refractivity contribution in [1.82, 2.24) is 19.6 Å². The maximum atomic E-state index is 11.1. The van der Waals surface area contributed by atoms with Crippen LogP contribution in [0.1, 0.15) is 5.56 Å². The summed E-state index contributed by atoms with van der Waals surface area (Å²) in [4.78, 5) is 20.9. The first kappa shape index (κ1) is 29.2. The van der Waals surface area contributed by atoms with Gasteiger partial charge in [-0.15, -0.1) is 0 Å². The maximum absolute atomic E-state index is 11.1. The van der Waals surface area contributed by atoms with E-state index in [4.69, 9.17) is 5.21 Å². The van der Waals surface area contributed by atoms with Crippen molar-refractivity contribution in [3.8, 4) is 11.1 Å². The number of carbonyl (C=O) groups is 1. The summed E-state index contributed by atoms with van der Waals surface area (Å²) < 4.78 is 2.34. The lowest BCUT2D eigenvalue weighted by molar-refractivity contribution is -0.124. The lowest BCUT2D eigenvalue weighted by Crippen LogP contribution is -2.45. The van der Waals surface area contributed by atoms with Crippen LogP contribution < -0.4 is 5.48 Å². The van der Waals surface area contributed by atoms with Gasteiger partial charge in [0, 0.05) is 63.0 Å². The molecule has 1 heterocycles. The number of amides is 1. The number of nitrogens with zero attached hydrogens (tertiary/aromatic N) is 4. The number of nitrogens with one attached hydrogen (secondary N) is 1. The standard InChI is InChI=1S/C26H35N5O4S2/c1-36-26(27-10-9-25(34)28-35)30-11-13-31(14-12-30)37-24-7-5-22(6-8-24)23-4-2-3-21(19-23)20-29(15-17-32)16-18-33/h2-10,19,32-33,35H,11-18,20H2,1H3,(H,28,34)/b10-9+,27-26?. The molecule has 0 unspecified atom stereocenters. The van der Waals surface area contributed by atoms with Gasteiger partial charge in [0.15, 0.2) is 5.17 Å². The van der Waals surface area contributed by atoms with Crippen LogP contribution in [0.2, 0.25) is 0 Å². The van der Waals surface area contributed by atoms with Gasteiger partial charge in [-0.05, 0) is 53.1 Å². The minimum absolute atomic E-state index is 0.0725. The Kier molecular flexibility index (Phi) is 12.4. The minimum Gasteiger partial charge on any atom is -0.395 e. The Labute approximate surface area is 227 Å². The molecule has 0 saturated carbocycles. The third-order valence-corrected chi connectivity index (χ3v) is 7.64. The monoisotopic (exact) mass is 545 g/mol. The van der Waals surface area contributed by atoms with E-state index in [0.717, 1.165) is 48.0 Å². The van der Waals surface area contributed by atoms with Crippen LogP contribution in [-0.2, 0) is 11.3 Å². The number of piperazine rings is 1. The predicted molar refractivity (Wildman–Crippen MR) is 150 cm³/mol. The fourth-order valence-electron chi connectivity index (χ4n) is 3.96. The fourth-order valence-corrected chi connectivity index (χ4v) is 5.47. The van der Waals surface area contributed by atoms with E-state index in [2.05, 4.69) is 56.7 Å². The molecule has 200 valence electrons. The summed E-state index contributed by atoms with van der Waals surface area (Å²) in [6.07, 6.45) is 4.54. The van der Waals surface area contributed by atoms with Crippen LogP contribution in [0.4, 0.5) is 0 Å². The molecule has 1 aliphatic rings. The van der Waals surface area contributed by atoms with E-state index in [9.17, 15) is 15.0 Å². The van der Waals surface area contributed by atoms with Crippen LogP contribution >= 0.6 is 23.7 Å². The summed E-state index contributed by atoms with van der Waals surface area (Å²) in [5.41, 5.74) is 4.99. The number of hydrogen-bond acceptors (Lipinski definition) is 9. The highest BCUT2D eigenvalue weighted by Gasteiger charge is 2.20. The molecule has 0 radical (unpaired) electrons. The molecule has 0 bridgehead atoms. The maximum Gasteiger partial charge on any atom is 0.268 e. The highest BCUT2D eigenvalue weighted by atomic mass is 32.2. The molecular formula is C26H35N5O4S2. The number of carbonyl (C=O) groups excluding carboxylic acids is 1. The second kappa shape index (κ2) is 15.8. The summed E-state index contributed by atoms with van der Waals surface area (Å²) in [6.45, 7) is 5.34. The van der Waals surface area contributed by atoms with E-state index in [1.807, 2.05) is 17.2 Å². The lowest BCUT2D eigenvalue weighted by atomic mass is 10.0. The van der Waals surface area contributed by atoms with Gasteiger partial charge in [-0.1, -0.05) is 42.1 Å². The number of hydrogen-bond donors (Lipinski definition) is 4. The van der Waals surface area contributed by atoms with E-state index in [-0.39, 0.29) is 13.2 Å². The Bertz CT molecular complexity index is 1040. The second-order valence-corrected chi connectivity index (χ2v) is 10.3. The molecule has 9 nitrogen and oxygen atoms in total. The van der Waals surface area contributed by atoms with Crippen molar-refractivity contribution in [2.75, 3.05) is 58.7 Å². The predicted octanol–water partition coefficient (Wildman–Crippen LogP) is 2.50. The van der Waals surface area contributed by atoms with Crippen LogP contribution in [-0.4, -0.2) is 99.3 Å². The van der Waals surface area contributed by atoms with Crippen LogP contribution in [0.3, 0.4) is 0 Å². The highest BCUT2D eigenvalue weighted by Crippen LogP contribution is 2.28. The topological polar surface area (TPSA) is 112 Å². The van der Waals surface area contributed by atoms with Gasteiger partial charge in [0.05, 0.1) is 13.2 Å². The molecule has 0 aromatic heterocycles. The Balaban J connectivity index is 1.54. The zero-order chi connectivity index (χ0) is 26.5. The normalized spacial score (nSPS) is 15.1. The number of aliphatic hydroxyl groups excluding tert-OH is 2. The van der Waals surface area contributed by atoms with Gasteiger partial charge in [0.25, 0.3) is 5.91 Å². The molecule has 3 rings (SSSR count). The number of hydroxylamine groups is 1. The third kappa shape index (κ3) is 9.46. The third-order valence-electron chi connectivity index (χ3n) is 5.80. The summed E-state index contributed by atoms with van der Waals surface area (Å²) in [6, 6.07) is 17.0. The smallest absolute Gasteiger partial charge is 0.268 e. The number of aliphatic imine (C=N–C) groups is 1. The number of amidine groups is 1. The Morgan fingerprint density at radius 2 is 1.76 bits per heavy atom. The first-order valence-corrected chi connectivity index (χ1v) is 14.1. The Hall–Kier alpha value is -2.38. The van der Waals surface area contributed by atoms with Crippen molar-refractivity contribution in [3.05, 3.63) is 66.4 Å². The molecule has 2 aromatic rings. The van der Waals surface area contributed by atoms with Crippen molar-refractivity contribution in [1.29, 1.82) is 0 Å². The quantitative estimate of drug-likeness (QED) is 0.0845. The first-order valence-electron chi connectivity index (χ1n) is 12.1. The molecule has 4 N–H and O–H groups in total. The number of rotatable bonds is 11. The van der Waals surface area contributed by atoms with Gasteiger partial charge >= 0.3 is 0 Å². The molecule has 11 heteroatoms. The number of thioether (sulfide) groups is 1. The SMILES string of the molecule is CSC(=N/C=C/C(=O)NO)N1CCN(Sc2ccc(-c3cccc(CN(CCO)CCO)c3)cc2)CC1. The second-order valence-electron chi connectivity index (χ2n) is 8.36. The molecule has 0 aliphatic carbocycles. The van der Waals surface area contributed by atoms with Gasteiger partial charge in [0.1, 0.15) is 0 Å². The average Bonchev–Trinajstić information content (AvgIpc) is 2.92. The van der Waals surface area contributed by atoms with Gasteiger partial charge in [0.2, 0.25) is 0 Å². The molecule has 2 aromatic carbocycles. The molecule has 1 saturated heterocycles. The Morgan fingerprint density at radius 3 is 2.38 bits per heavy atom. The van der Waals surface area contributed by atoms with Crippen LogP contribution in [0.5, 0.6) is 0 Å². The molecule has 0 spiro atoms. The first-order chi connectivity index (χ1) is 18.1. The molecular weight excluding hydrogens is 510 g/mol. The van der Waals surface area contributed by atoms with E-state index < -0.39 is 5.91 Å². The van der Waals surface area contributed by atoms with E-state index in [1.165, 1.54) is 28.9 Å². The summed E-state index contributed by atoms with van der Waals surface area (Å²) in [7, 11) is 0. The largest absolute Gasteiger partial charge is 0.395 e. The van der Waals surface area contributed by atoms with Gasteiger partial charge in [-0.3, -0.25) is 14.9 Å². The molecule has 37 heavy (non-hydrogen) atoms. The van der Waals surface area contributed by atoms with Crippen molar-refractivity contribution in [3.63, 3.8) is 0 Å².